The molecule has 1 saturated heterocycles. The van der Waals surface area contributed by atoms with Crippen LogP contribution >= 0.6 is 0 Å². The summed E-state index contributed by atoms with van der Waals surface area (Å²) in [5.41, 5.74) is -0.360. The predicted octanol–water partition coefficient (Wildman–Crippen LogP) is 0.986. The van der Waals surface area contributed by atoms with Gasteiger partial charge in [0.15, 0.2) is 6.61 Å². The number of isocyanates is 1. The summed E-state index contributed by atoms with van der Waals surface area (Å²) in [6.45, 7) is 5.33. The zero-order valence-electron chi connectivity index (χ0n) is 15.7. The highest BCUT2D eigenvalue weighted by atomic mass is 16.9. The van der Waals surface area contributed by atoms with Gasteiger partial charge < -0.3 is 19.2 Å². The second kappa shape index (κ2) is 10.6. The molecule has 0 bridgehead atoms. The van der Waals surface area contributed by atoms with Crippen molar-refractivity contribution in [1.82, 2.24) is 4.90 Å². The first-order valence-electron chi connectivity index (χ1n) is 8.59. The van der Waals surface area contributed by atoms with Crippen LogP contribution in [0.25, 0.3) is 0 Å². The van der Waals surface area contributed by atoms with Gasteiger partial charge in [0.05, 0.1) is 18.3 Å². The largest absolute Gasteiger partial charge is 0.456 e. The Morgan fingerprint density at radius 1 is 1.37 bits per heavy atom. The summed E-state index contributed by atoms with van der Waals surface area (Å²) in [5.74, 6) is -1.15. The van der Waals surface area contributed by atoms with E-state index < -0.39 is 29.7 Å². The van der Waals surface area contributed by atoms with E-state index in [9.17, 15) is 24.5 Å². The Kier molecular flexibility index (Phi) is 8.83. The van der Waals surface area contributed by atoms with Crippen LogP contribution in [0.3, 0.4) is 0 Å². The Balaban J connectivity index is 2.47. The maximum absolute atomic E-state index is 12.3. The van der Waals surface area contributed by atoms with Gasteiger partial charge >= 0.3 is 5.97 Å². The molecule has 11 heteroatoms. The highest BCUT2D eigenvalue weighted by Crippen LogP contribution is 2.25. The standard InChI is InChI=1S/C16H25N3O8/c1-16(2,3)27-12-6-7-18(13(9-12)17-11-20)14(21)10-25-15(22)5-4-8-26-19(23)24/h12-13H,4-10H2,1-3H3. The minimum atomic E-state index is -0.949. The van der Waals surface area contributed by atoms with Gasteiger partial charge in [0.2, 0.25) is 6.08 Å². The van der Waals surface area contributed by atoms with E-state index in [1.807, 2.05) is 20.8 Å². The molecule has 0 radical (unpaired) electrons. The Hall–Kier alpha value is -2.52. The molecule has 0 aliphatic carbocycles. The molecule has 0 N–H and O–H groups in total. The number of aliphatic imine (C=N–C) groups is 1. The molecule has 1 fully saturated rings. The lowest BCUT2D eigenvalue weighted by molar-refractivity contribution is -0.757. The average Bonchev–Trinajstić information content (AvgIpc) is 2.55. The number of rotatable bonds is 9. The van der Waals surface area contributed by atoms with Crippen LogP contribution < -0.4 is 0 Å². The molecule has 0 saturated carbocycles. The molecule has 0 aromatic carbocycles. The van der Waals surface area contributed by atoms with E-state index >= 15 is 0 Å². The monoisotopic (exact) mass is 387 g/mol. The van der Waals surface area contributed by atoms with E-state index in [4.69, 9.17) is 9.47 Å². The summed E-state index contributed by atoms with van der Waals surface area (Å²) in [7, 11) is 0. The number of likely N-dealkylation sites (tertiary alicyclic amines) is 1. The second-order valence-electron chi connectivity index (χ2n) is 6.99. The van der Waals surface area contributed by atoms with Crippen molar-refractivity contribution in [1.29, 1.82) is 0 Å². The van der Waals surface area contributed by atoms with Gasteiger partial charge in [-0.05, 0) is 33.6 Å². The summed E-state index contributed by atoms with van der Waals surface area (Å²) in [4.78, 5) is 53.6. The number of carbonyl (C=O) groups excluding carboxylic acids is 3. The van der Waals surface area contributed by atoms with Crippen LogP contribution in [0.4, 0.5) is 0 Å². The summed E-state index contributed by atoms with van der Waals surface area (Å²) >= 11 is 0. The maximum Gasteiger partial charge on any atom is 0.306 e. The van der Waals surface area contributed by atoms with Gasteiger partial charge in [-0.15, -0.1) is 10.1 Å². The van der Waals surface area contributed by atoms with Crippen LogP contribution in [0, 0.1) is 10.1 Å². The molecule has 1 aliphatic heterocycles. The fraction of sp³-hybridized carbons (Fsp3) is 0.812. The lowest BCUT2D eigenvalue weighted by Gasteiger charge is -2.38. The van der Waals surface area contributed by atoms with Crippen molar-refractivity contribution in [2.24, 2.45) is 4.99 Å². The number of esters is 1. The highest BCUT2D eigenvalue weighted by molar-refractivity contribution is 5.81. The molecular weight excluding hydrogens is 362 g/mol. The molecule has 0 spiro atoms. The molecule has 1 heterocycles. The molecule has 2 unspecified atom stereocenters. The van der Waals surface area contributed by atoms with Crippen LogP contribution in [0.5, 0.6) is 0 Å². The molecule has 27 heavy (non-hydrogen) atoms. The molecule has 1 aliphatic rings. The van der Waals surface area contributed by atoms with E-state index in [-0.39, 0.29) is 31.2 Å². The van der Waals surface area contributed by atoms with Crippen molar-refractivity contribution >= 4 is 18.0 Å². The van der Waals surface area contributed by atoms with Gasteiger partial charge in [-0.1, -0.05) is 0 Å². The molecule has 1 rings (SSSR count). The fourth-order valence-electron chi connectivity index (χ4n) is 2.65. The van der Waals surface area contributed by atoms with Crippen molar-refractivity contribution in [2.45, 2.75) is 64.3 Å². The number of carbonyl (C=O) groups is 2. The first-order valence-corrected chi connectivity index (χ1v) is 8.59. The Bertz CT molecular complexity index is 583. The summed E-state index contributed by atoms with van der Waals surface area (Å²) in [5, 5.41) is 9.04. The molecule has 11 nitrogen and oxygen atoms in total. The average molecular weight is 387 g/mol. The van der Waals surface area contributed by atoms with Crippen LogP contribution in [0.15, 0.2) is 4.99 Å². The smallest absolute Gasteiger partial charge is 0.306 e. The van der Waals surface area contributed by atoms with Crippen LogP contribution in [-0.4, -0.2) is 65.6 Å². The van der Waals surface area contributed by atoms with E-state index in [0.717, 1.165) is 0 Å². The van der Waals surface area contributed by atoms with Gasteiger partial charge in [0.1, 0.15) is 6.17 Å². The van der Waals surface area contributed by atoms with Crippen LogP contribution in [0.1, 0.15) is 46.5 Å². The lowest BCUT2D eigenvalue weighted by atomic mass is 10.0. The summed E-state index contributed by atoms with van der Waals surface area (Å²) in [6, 6.07) is 0. The van der Waals surface area contributed by atoms with Gasteiger partial charge in [0, 0.05) is 19.4 Å². The zero-order valence-corrected chi connectivity index (χ0v) is 15.7. The molecule has 0 aromatic rings. The van der Waals surface area contributed by atoms with E-state index in [1.165, 1.54) is 11.0 Å². The molecule has 1 amide bonds. The number of hydrogen-bond donors (Lipinski definition) is 0. The van der Waals surface area contributed by atoms with Crippen molar-refractivity contribution in [3.8, 4) is 0 Å². The number of amides is 1. The molecular formula is C16H25N3O8. The third kappa shape index (κ3) is 9.11. The SMILES string of the molecule is CC(C)(C)OC1CCN(C(=O)COC(=O)CCCO[N+](=O)[O-])C(N=C=O)C1. The third-order valence-corrected chi connectivity index (χ3v) is 3.65. The number of hydrogen-bond acceptors (Lipinski definition) is 9. The topological polar surface area (TPSA) is 138 Å². The van der Waals surface area contributed by atoms with E-state index in [0.29, 0.717) is 19.4 Å². The molecule has 0 aromatic heterocycles. The lowest BCUT2D eigenvalue weighted by Crippen LogP contribution is -2.49. The summed E-state index contributed by atoms with van der Waals surface area (Å²) in [6.07, 6.45) is 1.50. The summed E-state index contributed by atoms with van der Waals surface area (Å²) < 4.78 is 10.8. The number of nitrogens with zero attached hydrogens (tertiary/aromatic N) is 3. The first kappa shape index (κ1) is 22.5. The van der Waals surface area contributed by atoms with Crippen molar-refractivity contribution in [3.05, 3.63) is 10.1 Å². The minimum Gasteiger partial charge on any atom is -0.456 e. The van der Waals surface area contributed by atoms with Gasteiger partial charge in [-0.3, -0.25) is 9.59 Å². The van der Waals surface area contributed by atoms with Gasteiger partial charge in [-0.2, -0.15) is 4.99 Å². The van der Waals surface area contributed by atoms with E-state index in [1.54, 1.807) is 0 Å². The van der Waals surface area contributed by atoms with Gasteiger partial charge in [-0.25, -0.2) is 4.79 Å². The van der Waals surface area contributed by atoms with Crippen molar-refractivity contribution < 1.29 is 33.8 Å². The highest BCUT2D eigenvalue weighted by Gasteiger charge is 2.34. The van der Waals surface area contributed by atoms with Gasteiger partial charge in [0.25, 0.3) is 11.0 Å². The fourth-order valence-corrected chi connectivity index (χ4v) is 2.65. The van der Waals surface area contributed by atoms with Crippen LogP contribution in [0.2, 0.25) is 0 Å². The minimum absolute atomic E-state index is 0.0988. The number of ether oxygens (including phenoxy) is 2. The Morgan fingerprint density at radius 3 is 2.67 bits per heavy atom. The number of piperidine rings is 1. The zero-order chi connectivity index (χ0) is 20.4. The maximum atomic E-state index is 12.3. The van der Waals surface area contributed by atoms with E-state index in [2.05, 4.69) is 9.83 Å². The predicted molar refractivity (Wildman–Crippen MR) is 90.6 cm³/mol. The quantitative estimate of drug-likeness (QED) is 0.143. The van der Waals surface area contributed by atoms with Crippen molar-refractivity contribution in [3.63, 3.8) is 0 Å². The molecule has 2 atom stereocenters. The Labute approximate surface area is 156 Å². The van der Waals surface area contributed by atoms with Crippen molar-refractivity contribution in [2.75, 3.05) is 19.8 Å². The normalized spacial score (nSPS) is 19.7. The second-order valence-corrected chi connectivity index (χ2v) is 6.99. The molecule has 152 valence electrons. The third-order valence-electron chi connectivity index (χ3n) is 3.65. The Morgan fingerprint density at radius 2 is 2.07 bits per heavy atom. The van der Waals surface area contributed by atoms with Crippen LogP contribution in [-0.2, 0) is 28.7 Å². The first-order chi connectivity index (χ1) is 12.6.